The second kappa shape index (κ2) is 5.29. The van der Waals surface area contributed by atoms with Crippen molar-refractivity contribution in [3.8, 4) is 0 Å². The number of nitrogens with two attached hydrogens (primary N) is 1. The van der Waals surface area contributed by atoms with Crippen LogP contribution in [-0.2, 0) is 0 Å². The molecular formula is C11H10BrClN2S. The van der Waals surface area contributed by atoms with Gasteiger partial charge in [0.25, 0.3) is 0 Å². The minimum atomic E-state index is -0.0185. The van der Waals surface area contributed by atoms with E-state index >= 15 is 0 Å². The van der Waals surface area contributed by atoms with Gasteiger partial charge < -0.3 is 0 Å². The minimum absolute atomic E-state index is 0.0185. The number of thiophene rings is 1. The molecule has 1 heterocycles. The predicted octanol–water partition coefficient (Wildman–Crippen LogP) is 3.72. The first kappa shape index (κ1) is 12.1. The molecule has 84 valence electrons. The van der Waals surface area contributed by atoms with Gasteiger partial charge in [-0.2, -0.15) is 0 Å². The van der Waals surface area contributed by atoms with E-state index in [0.717, 1.165) is 19.2 Å². The first-order chi connectivity index (χ1) is 7.70. The summed E-state index contributed by atoms with van der Waals surface area (Å²) in [4.78, 5) is 1.10. The molecule has 0 aliphatic rings. The van der Waals surface area contributed by atoms with E-state index in [9.17, 15) is 0 Å². The standard InChI is InChI=1S/C11H10BrClN2S/c12-8-3-1-2-7(6-8)11(15-14)9-4-5-10(13)16-9/h1-6,11,15H,14H2. The van der Waals surface area contributed by atoms with Gasteiger partial charge in [0.2, 0.25) is 0 Å². The summed E-state index contributed by atoms with van der Waals surface area (Å²) in [6, 6.07) is 11.9. The van der Waals surface area contributed by atoms with Gasteiger partial charge in [-0.15, -0.1) is 11.3 Å². The van der Waals surface area contributed by atoms with Crippen molar-refractivity contribution in [2.45, 2.75) is 6.04 Å². The third-order valence-corrected chi connectivity index (χ3v) is 4.02. The number of nitrogens with one attached hydrogen (secondary N) is 1. The van der Waals surface area contributed by atoms with Crippen molar-refractivity contribution in [3.63, 3.8) is 0 Å². The summed E-state index contributed by atoms with van der Waals surface area (Å²) in [5.41, 5.74) is 3.91. The molecule has 2 nitrogen and oxygen atoms in total. The second-order valence-electron chi connectivity index (χ2n) is 3.30. The molecule has 1 atom stereocenters. The molecule has 0 fully saturated rings. The Balaban J connectivity index is 2.36. The molecule has 0 aliphatic heterocycles. The van der Waals surface area contributed by atoms with Crippen LogP contribution in [0.3, 0.4) is 0 Å². The lowest BCUT2D eigenvalue weighted by molar-refractivity contribution is 0.646. The maximum absolute atomic E-state index is 5.92. The van der Waals surface area contributed by atoms with E-state index in [1.165, 1.54) is 11.3 Å². The van der Waals surface area contributed by atoms with Crippen LogP contribution in [0.25, 0.3) is 0 Å². The predicted molar refractivity (Wildman–Crippen MR) is 72.6 cm³/mol. The van der Waals surface area contributed by atoms with Crippen molar-refractivity contribution in [1.82, 2.24) is 5.43 Å². The lowest BCUT2D eigenvalue weighted by atomic mass is 10.1. The number of benzene rings is 1. The van der Waals surface area contributed by atoms with Crippen LogP contribution in [0.1, 0.15) is 16.5 Å². The Morgan fingerprint density at radius 1 is 1.31 bits per heavy atom. The molecule has 16 heavy (non-hydrogen) atoms. The van der Waals surface area contributed by atoms with Crippen molar-refractivity contribution in [2.24, 2.45) is 5.84 Å². The first-order valence-electron chi connectivity index (χ1n) is 4.67. The van der Waals surface area contributed by atoms with Gasteiger partial charge >= 0.3 is 0 Å². The number of rotatable bonds is 3. The Morgan fingerprint density at radius 3 is 2.69 bits per heavy atom. The summed E-state index contributed by atoms with van der Waals surface area (Å²) in [5.74, 6) is 5.59. The summed E-state index contributed by atoms with van der Waals surface area (Å²) in [6.45, 7) is 0. The molecule has 0 spiro atoms. The number of hydrogen-bond acceptors (Lipinski definition) is 3. The molecule has 5 heteroatoms. The Morgan fingerprint density at radius 2 is 2.12 bits per heavy atom. The van der Waals surface area contributed by atoms with Crippen molar-refractivity contribution < 1.29 is 0 Å². The van der Waals surface area contributed by atoms with E-state index in [1.807, 2.05) is 36.4 Å². The molecule has 2 rings (SSSR count). The van der Waals surface area contributed by atoms with Crippen LogP contribution in [0.2, 0.25) is 4.34 Å². The summed E-state index contributed by atoms with van der Waals surface area (Å²) in [5, 5.41) is 0. The number of hydrogen-bond donors (Lipinski definition) is 2. The molecular weight excluding hydrogens is 308 g/mol. The number of hydrazine groups is 1. The fourth-order valence-electron chi connectivity index (χ4n) is 1.51. The monoisotopic (exact) mass is 316 g/mol. The average Bonchev–Trinajstić information content (AvgIpc) is 2.66. The Bertz CT molecular complexity index is 486. The van der Waals surface area contributed by atoms with Gasteiger partial charge in [0.05, 0.1) is 10.4 Å². The third-order valence-electron chi connectivity index (χ3n) is 2.23. The smallest absolute Gasteiger partial charge is 0.0931 e. The topological polar surface area (TPSA) is 38.0 Å². The van der Waals surface area contributed by atoms with Gasteiger partial charge in [0.15, 0.2) is 0 Å². The zero-order valence-electron chi connectivity index (χ0n) is 8.28. The van der Waals surface area contributed by atoms with Crippen LogP contribution in [-0.4, -0.2) is 0 Å². The third kappa shape index (κ3) is 2.64. The van der Waals surface area contributed by atoms with Crippen LogP contribution >= 0.6 is 38.9 Å². The Kier molecular flexibility index (Phi) is 4.00. The lowest BCUT2D eigenvalue weighted by Crippen LogP contribution is -2.28. The van der Waals surface area contributed by atoms with Gasteiger partial charge in [-0.3, -0.25) is 5.84 Å². The summed E-state index contributed by atoms with van der Waals surface area (Å²) in [7, 11) is 0. The first-order valence-corrected chi connectivity index (χ1v) is 6.66. The fourth-order valence-corrected chi connectivity index (χ4v) is 3.08. The van der Waals surface area contributed by atoms with Crippen molar-refractivity contribution >= 4 is 38.9 Å². The van der Waals surface area contributed by atoms with E-state index in [4.69, 9.17) is 17.4 Å². The number of halogens is 2. The van der Waals surface area contributed by atoms with Gasteiger partial charge in [-0.25, -0.2) is 5.43 Å². The highest BCUT2D eigenvalue weighted by Crippen LogP contribution is 2.31. The van der Waals surface area contributed by atoms with Crippen LogP contribution in [0.15, 0.2) is 40.9 Å². The van der Waals surface area contributed by atoms with Gasteiger partial charge in [0, 0.05) is 9.35 Å². The zero-order chi connectivity index (χ0) is 11.5. The normalized spacial score (nSPS) is 12.7. The van der Waals surface area contributed by atoms with Crippen molar-refractivity contribution in [3.05, 3.63) is 55.6 Å². The molecule has 0 radical (unpaired) electrons. The van der Waals surface area contributed by atoms with Crippen molar-refractivity contribution in [2.75, 3.05) is 0 Å². The maximum atomic E-state index is 5.92. The molecule has 1 unspecified atom stereocenters. The van der Waals surface area contributed by atoms with Crippen LogP contribution < -0.4 is 11.3 Å². The summed E-state index contributed by atoms with van der Waals surface area (Å²) >= 11 is 10.9. The fraction of sp³-hybridized carbons (Fsp3) is 0.0909. The van der Waals surface area contributed by atoms with Gasteiger partial charge in [-0.05, 0) is 29.8 Å². The molecule has 0 saturated carbocycles. The SMILES string of the molecule is NNC(c1cccc(Br)c1)c1ccc(Cl)s1. The highest BCUT2D eigenvalue weighted by Gasteiger charge is 2.14. The highest BCUT2D eigenvalue weighted by molar-refractivity contribution is 9.10. The molecule has 0 bridgehead atoms. The highest BCUT2D eigenvalue weighted by atomic mass is 79.9. The second-order valence-corrected chi connectivity index (χ2v) is 5.96. The molecule has 0 saturated heterocycles. The van der Waals surface area contributed by atoms with Crippen LogP contribution in [0.4, 0.5) is 0 Å². The summed E-state index contributed by atoms with van der Waals surface area (Å²) < 4.78 is 1.80. The van der Waals surface area contributed by atoms with Crippen LogP contribution in [0.5, 0.6) is 0 Å². The molecule has 2 aromatic rings. The lowest BCUT2D eigenvalue weighted by Gasteiger charge is -2.14. The van der Waals surface area contributed by atoms with E-state index < -0.39 is 0 Å². The van der Waals surface area contributed by atoms with E-state index in [0.29, 0.717) is 0 Å². The Labute approximate surface area is 112 Å². The summed E-state index contributed by atoms with van der Waals surface area (Å²) in [6.07, 6.45) is 0. The molecule has 1 aromatic carbocycles. The average molecular weight is 318 g/mol. The van der Waals surface area contributed by atoms with E-state index in [2.05, 4.69) is 21.4 Å². The van der Waals surface area contributed by atoms with Crippen LogP contribution in [0, 0.1) is 0 Å². The van der Waals surface area contributed by atoms with Crippen molar-refractivity contribution in [1.29, 1.82) is 0 Å². The molecule has 0 amide bonds. The Hall–Kier alpha value is -0.390. The molecule has 0 aliphatic carbocycles. The van der Waals surface area contributed by atoms with Gasteiger partial charge in [-0.1, -0.05) is 39.7 Å². The van der Waals surface area contributed by atoms with Gasteiger partial charge in [0.1, 0.15) is 0 Å². The zero-order valence-corrected chi connectivity index (χ0v) is 11.4. The maximum Gasteiger partial charge on any atom is 0.0931 e. The van der Waals surface area contributed by atoms with E-state index in [1.54, 1.807) is 0 Å². The largest absolute Gasteiger partial charge is 0.271 e. The molecule has 1 aromatic heterocycles. The quantitative estimate of drug-likeness (QED) is 0.669. The molecule has 3 N–H and O–H groups in total. The minimum Gasteiger partial charge on any atom is -0.271 e. The van der Waals surface area contributed by atoms with E-state index in [-0.39, 0.29) is 6.04 Å².